The highest BCUT2D eigenvalue weighted by Gasteiger charge is 2.19. The number of hydrogen-bond acceptors (Lipinski definition) is 2. The number of nitrogens with zero attached hydrogens (tertiary/aromatic N) is 4. The van der Waals surface area contributed by atoms with Gasteiger partial charge in [0.15, 0.2) is 0 Å². The standard InChI is InChI=1S/C32H20N4/c1-2-11-23(12-3-1)35-28-14-7-6-13-24(28)26-19-31-27(20-30(26)35)25-17-21-9-4-5-10-22(21)18-29(25)36(31)32-33-15-8-16-34-32/h1-20H. The van der Waals surface area contributed by atoms with Gasteiger partial charge in [-0.3, -0.25) is 4.57 Å². The molecular formula is C32H20N4. The van der Waals surface area contributed by atoms with E-state index in [4.69, 9.17) is 0 Å². The quantitative estimate of drug-likeness (QED) is 0.264. The van der Waals surface area contributed by atoms with Gasteiger partial charge >= 0.3 is 0 Å². The summed E-state index contributed by atoms with van der Waals surface area (Å²) in [6, 6.07) is 38.8. The van der Waals surface area contributed by atoms with E-state index in [-0.39, 0.29) is 0 Å². The minimum absolute atomic E-state index is 0.680. The summed E-state index contributed by atoms with van der Waals surface area (Å²) in [5.41, 5.74) is 5.76. The summed E-state index contributed by atoms with van der Waals surface area (Å²) in [7, 11) is 0. The summed E-state index contributed by atoms with van der Waals surface area (Å²) in [5.74, 6) is 0.680. The van der Waals surface area contributed by atoms with Gasteiger partial charge in [-0.15, -0.1) is 0 Å². The second kappa shape index (κ2) is 7.27. The maximum absolute atomic E-state index is 4.64. The van der Waals surface area contributed by atoms with E-state index < -0.39 is 0 Å². The van der Waals surface area contributed by atoms with Gasteiger partial charge in [0.2, 0.25) is 5.95 Å². The summed E-state index contributed by atoms with van der Waals surface area (Å²) in [6.45, 7) is 0. The average molecular weight is 461 g/mol. The Labute approximate surface area is 206 Å². The van der Waals surface area contributed by atoms with Crippen molar-refractivity contribution in [2.24, 2.45) is 0 Å². The number of fused-ring (bicyclic) bond motifs is 7. The van der Waals surface area contributed by atoms with Crippen LogP contribution in [-0.2, 0) is 0 Å². The average Bonchev–Trinajstić information content (AvgIpc) is 3.43. The third-order valence-corrected chi connectivity index (χ3v) is 7.19. The lowest BCUT2D eigenvalue weighted by Crippen LogP contribution is -1.99. The smallest absolute Gasteiger partial charge is 0.234 e. The second-order valence-electron chi connectivity index (χ2n) is 9.18. The van der Waals surface area contributed by atoms with Crippen LogP contribution in [0.2, 0.25) is 0 Å². The Morgan fingerprint density at radius 1 is 0.417 bits per heavy atom. The zero-order valence-electron chi connectivity index (χ0n) is 19.3. The molecule has 0 aliphatic rings. The summed E-state index contributed by atoms with van der Waals surface area (Å²) in [6.07, 6.45) is 3.61. The molecule has 3 heterocycles. The summed E-state index contributed by atoms with van der Waals surface area (Å²) in [5, 5.41) is 7.26. The van der Waals surface area contributed by atoms with Gasteiger partial charge in [-0.05, 0) is 59.3 Å². The highest BCUT2D eigenvalue weighted by Crippen LogP contribution is 2.40. The van der Waals surface area contributed by atoms with Crippen LogP contribution in [0.25, 0.3) is 66.0 Å². The monoisotopic (exact) mass is 460 g/mol. The minimum atomic E-state index is 0.680. The molecule has 0 atom stereocenters. The molecule has 8 rings (SSSR count). The minimum Gasteiger partial charge on any atom is -0.309 e. The largest absolute Gasteiger partial charge is 0.309 e. The normalized spacial score (nSPS) is 11.9. The Balaban J connectivity index is 1.61. The van der Waals surface area contributed by atoms with E-state index in [9.17, 15) is 0 Å². The predicted molar refractivity (Wildman–Crippen MR) is 148 cm³/mol. The molecule has 168 valence electrons. The third-order valence-electron chi connectivity index (χ3n) is 7.19. The van der Waals surface area contributed by atoms with Crippen LogP contribution < -0.4 is 0 Å². The van der Waals surface area contributed by atoms with Crippen LogP contribution in [0.3, 0.4) is 0 Å². The first-order chi connectivity index (χ1) is 17.9. The van der Waals surface area contributed by atoms with Gasteiger partial charge in [-0.1, -0.05) is 60.7 Å². The highest BCUT2D eigenvalue weighted by molar-refractivity contribution is 6.20. The maximum Gasteiger partial charge on any atom is 0.234 e. The van der Waals surface area contributed by atoms with Crippen LogP contribution in [0.4, 0.5) is 0 Å². The number of rotatable bonds is 2. The van der Waals surface area contributed by atoms with Crippen molar-refractivity contribution in [1.29, 1.82) is 0 Å². The molecule has 0 spiro atoms. The van der Waals surface area contributed by atoms with Gasteiger partial charge in [0.05, 0.1) is 22.1 Å². The summed E-state index contributed by atoms with van der Waals surface area (Å²) in [4.78, 5) is 9.29. The molecule has 0 aliphatic heterocycles. The van der Waals surface area contributed by atoms with E-state index in [0.29, 0.717) is 5.95 Å². The fourth-order valence-corrected chi connectivity index (χ4v) is 5.64. The number of hydrogen-bond donors (Lipinski definition) is 0. The van der Waals surface area contributed by atoms with Gasteiger partial charge in [-0.2, -0.15) is 0 Å². The van der Waals surface area contributed by atoms with Gasteiger partial charge in [0, 0.05) is 39.6 Å². The molecule has 0 aliphatic carbocycles. The molecule has 4 heteroatoms. The zero-order valence-corrected chi connectivity index (χ0v) is 19.3. The molecule has 0 fully saturated rings. The fourth-order valence-electron chi connectivity index (χ4n) is 5.64. The molecule has 4 nitrogen and oxygen atoms in total. The number of benzene rings is 5. The first kappa shape index (κ1) is 19.4. The molecule has 36 heavy (non-hydrogen) atoms. The first-order valence-electron chi connectivity index (χ1n) is 12.1. The Morgan fingerprint density at radius 2 is 1.00 bits per heavy atom. The molecule has 0 N–H and O–H groups in total. The SMILES string of the molecule is c1ccc(-n2c3ccccc3c3cc4c(cc32)c2cc3ccccc3cc2n4-c2ncccn2)cc1. The lowest BCUT2D eigenvalue weighted by atomic mass is 10.1. The van der Waals surface area contributed by atoms with E-state index in [1.54, 1.807) is 12.4 Å². The molecule has 5 aromatic carbocycles. The van der Waals surface area contributed by atoms with Crippen LogP contribution in [0.5, 0.6) is 0 Å². The molecule has 0 bridgehead atoms. The van der Waals surface area contributed by atoms with Crippen LogP contribution in [0.1, 0.15) is 0 Å². The van der Waals surface area contributed by atoms with Crippen LogP contribution in [0, 0.1) is 0 Å². The topological polar surface area (TPSA) is 35.6 Å². The molecule has 0 radical (unpaired) electrons. The van der Waals surface area contributed by atoms with Crippen LogP contribution in [0.15, 0.2) is 122 Å². The Kier molecular flexibility index (Phi) is 3.91. The van der Waals surface area contributed by atoms with Crippen LogP contribution in [-0.4, -0.2) is 19.1 Å². The van der Waals surface area contributed by atoms with E-state index in [2.05, 4.69) is 122 Å². The molecule has 0 unspecified atom stereocenters. The fraction of sp³-hybridized carbons (Fsp3) is 0. The Hall–Kier alpha value is -4.96. The molecular weight excluding hydrogens is 440 g/mol. The van der Waals surface area contributed by atoms with Crippen molar-refractivity contribution in [2.45, 2.75) is 0 Å². The zero-order chi connectivity index (χ0) is 23.6. The molecule has 3 aromatic heterocycles. The Bertz CT molecular complexity index is 2080. The predicted octanol–water partition coefficient (Wildman–Crippen LogP) is 7.82. The maximum atomic E-state index is 4.64. The van der Waals surface area contributed by atoms with Crippen molar-refractivity contribution >= 4 is 54.4 Å². The first-order valence-corrected chi connectivity index (χ1v) is 12.1. The number of para-hydroxylation sites is 2. The van der Waals surface area contributed by atoms with Crippen LogP contribution >= 0.6 is 0 Å². The molecule has 0 saturated carbocycles. The van der Waals surface area contributed by atoms with Gasteiger partial charge < -0.3 is 4.57 Å². The van der Waals surface area contributed by atoms with E-state index in [0.717, 1.165) is 16.7 Å². The Morgan fingerprint density at radius 3 is 1.81 bits per heavy atom. The summed E-state index contributed by atoms with van der Waals surface area (Å²) >= 11 is 0. The van der Waals surface area contributed by atoms with Gasteiger partial charge in [-0.25, -0.2) is 9.97 Å². The molecule has 0 saturated heterocycles. The lowest BCUT2D eigenvalue weighted by molar-refractivity contribution is 0.989. The van der Waals surface area contributed by atoms with Crippen molar-refractivity contribution < 1.29 is 0 Å². The summed E-state index contributed by atoms with van der Waals surface area (Å²) < 4.78 is 4.57. The van der Waals surface area contributed by atoms with Gasteiger partial charge in [0.1, 0.15) is 0 Å². The van der Waals surface area contributed by atoms with Crippen molar-refractivity contribution in [2.75, 3.05) is 0 Å². The van der Waals surface area contributed by atoms with Crippen molar-refractivity contribution in [3.63, 3.8) is 0 Å². The van der Waals surface area contributed by atoms with E-state index >= 15 is 0 Å². The third kappa shape index (κ3) is 2.64. The van der Waals surface area contributed by atoms with Crippen molar-refractivity contribution in [1.82, 2.24) is 19.1 Å². The van der Waals surface area contributed by atoms with Crippen molar-refractivity contribution in [3.05, 3.63) is 122 Å². The van der Waals surface area contributed by atoms with Gasteiger partial charge in [0.25, 0.3) is 0 Å². The van der Waals surface area contributed by atoms with E-state index in [1.165, 1.54) is 43.4 Å². The highest BCUT2D eigenvalue weighted by atomic mass is 15.1. The second-order valence-corrected chi connectivity index (χ2v) is 9.18. The molecule has 0 amide bonds. The number of aromatic nitrogens is 4. The van der Waals surface area contributed by atoms with Crippen molar-refractivity contribution in [3.8, 4) is 11.6 Å². The van der Waals surface area contributed by atoms with E-state index in [1.807, 2.05) is 6.07 Å². The molecule has 8 aromatic rings. The lowest BCUT2D eigenvalue weighted by Gasteiger charge is -2.08.